The van der Waals surface area contributed by atoms with Crippen molar-refractivity contribution in [3.63, 3.8) is 0 Å². The molecule has 0 aliphatic rings. The number of aliphatic hydroxyl groups is 1. The number of Topliss-reactive ketones (excluding diaryl/α,β-unsaturated/α-hetero) is 1. The van der Waals surface area contributed by atoms with Gasteiger partial charge in [-0.3, -0.25) is 4.79 Å². The van der Waals surface area contributed by atoms with Crippen LogP contribution in [-0.2, 0) is 0 Å². The molecular weight excluding hydrogens is 262 g/mol. The molecule has 2 aromatic rings. The fourth-order valence-corrected chi connectivity index (χ4v) is 2.35. The molecule has 0 bridgehead atoms. The van der Waals surface area contributed by atoms with Gasteiger partial charge in [0.1, 0.15) is 5.60 Å². The zero-order chi connectivity index (χ0) is 15.5. The van der Waals surface area contributed by atoms with E-state index in [1.165, 1.54) is 19.4 Å². The number of hydrogen-bond acceptors (Lipinski definition) is 3. The third-order valence-electron chi connectivity index (χ3n) is 3.48. The SMILES string of the molecule is CNC(c1ccccc1)c1ccc(C(=O)C(C)(C)O)cc1. The highest BCUT2D eigenvalue weighted by Crippen LogP contribution is 2.23. The van der Waals surface area contributed by atoms with Crippen molar-refractivity contribution in [3.05, 3.63) is 71.3 Å². The molecule has 1 atom stereocenters. The molecule has 3 heteroatoms. The Balaban J connectivity index is 2.28. The molecule has 0 saturated carbocycles. The van der Waals surface area contributed by atoms with Crippen LogP contribution in [0, 0.1) is 0 Å². The Morgan fingerprint density at radius 2 is 1.52 bits per heavy atom. The Kier molecular flexibility index (Phi) is 4.56. The maximum Gasteiger partial charge on any atom is 0.193 e. The quantitative estimate of drug-likeness (QED) is 0.829. The lowest BCUT2D eigenvalue weighted by molar-refractivity contribution is 0.0488. The van der Waals surface area contributed by atoms with E-state index in [9.17, 15) is 9.90 Å². The summed E-state index contributed by atoms with van der Waals surface area (Å²) in [5, 5.41) is 13.1. The zero-order valence-corrected chi connectivity index (χ0v) is 12.6. The molecule has 2 aromatic carbocycles. The van der Waals surface area contributed by atoms with Gasteiger partial charge >= 0.3 is 0 Å². The fourth-order valence-electron chi connectivity index (χ4n) is 2.35. The van der Waals surface area contributed by atoms with Crippen molar-refractivity contribution in [1.29, 1.82) is 0 Å². The van der Waals surface area contributed by atoms with Crippen LogP contribution in [0.3, 0.4) is 0 Å². The molecule has 0 heterocycles. The first-order valence-corrected chi connectivity index (χ1v) is 7.03. The molecule has 2 N–H and O–H groups in total. The first kappa shape index (κ1) is 15.4. The van der Waals surface area contributed by atoms with E-state index in [0.717, 1.165) is 5.56 Å². The maximum atomic E-state index is 12.0. The fraction of sp³-hybridized carbons (Fsp3) is 0.278. The number of carbonyl (C=O) groups is 1. The standard InChI is InChI=1S/C18H21NO2/c1-18(2,21)17(20)15-11-9-14(10-12-15)16(19-3)13-7-5-4-6-8-13/h4-12,16,19,21H,1-3H3. The highest BCUT2D eigenvalue weighted by Gasteiger charge is 2.25. The predicted octanol–water partition coefficient (Wildman–Crippen LogP) is 2.95. The molecule has 0 aromatic heterocycles. The number of benzene rings is 2. The Hall–Kier alpha value is -1.97. The van der Waals surface area contributed by atoms with E-state index in [4.69, 9.17) is 0 Å². The third-order valence-corrected chi connectivity index (χ3v) is 3.48. The van der Waals surface area contributed by atoms with E-state index in [0.29, 0.717) is 5.56 Å². The van der Waals surface area contributed by atoms with Gasteiger partial charge in [0.2, 0.25) is 0 Å². The largest absolute Gasteiger partial charge is 0.382 e. The molecule has 110 valence electrons. The van der Waals surface area contributed by atoms with Crippen LogP contribution < -0.4 is 5.32 Å². The molecule has 1 unspecified atom stereocenters. The summed E-state index contributed by atoms with van der Waals surface area (Å²) in [5.41, 5.74) is 1.43. The molecule has 0 saturated heterocycles. The molecule has 0 fully saturated rings. The first-order valence-electron chi connectivity index (χ1n) is 7.03. The minimum atomic E-state index is -1.34. The van der Waals surface area contributed by atoms with Gasteiger partial charge in [-0.15, -0.1) is 0 Å². The number of nitrogens with one attached hydrogen (secondary N) is 1. The van der Waals surface area contributed by atoms with Crippen LogP contribution in [0.25, 0.3) is 0 Å². The molecule has 0 aliphatic carbocycles. The van der Waals surface area contributed by atoms with Crippen LogP contribution >= 0.6 is 0 Å². The van der Waals surface area contributed by atoms with Crippen molar-refractivity contribution in [3.8, 4) is 0 Å². The summed E-state index contributed by atoms with van der Waals surface area (Å²) in [7, 11) is 1.91. The normalized spacial score (nSPS) is 13.0. The van der Waals surface area contributed by atoms with Crippen molar-refractivity contribution < 1.29 is 9.90 Å². The van der Waals surface area contributed by atoms with Crippen molar-refractivity contribution >= 4 is 5.78 Å². The van der Waals surface area contributed by atoms with Crippen molar-refractivity contribution in [2.45, 2.75) is 25.5 Å². The second-order valence-corrected chi connectivity index (χ2v) is 5.64. The molecule has 0 amide bonds. The molecule has 0 aliphatic heterocycles. The lowest BCUT2D eigenvalue weighted by Gasteiger charge is -2.19. The van der Waals surface area contributed by atoms with Crippen molar-refractivity contribution in [1.82, 2.24) is 5.32 Å². The molecule has 3 nitrogen and oxygen atoms in total. The summed E-state index contributed by atoms with van der Waals surface area (Å²) < 4.78 is 0. The van der Waals surface area contributed by atoms with E-state index in [2.05, 4.69) is 17.4 Å². The van der Waals surface area contributed by atoms with Crippen LogP contribution in [0.2, 0.25) is 0 Å². The minimum absolute atomic E-state index is 0.0810. The Morgan fingerprint density at radius 3 is 2.00 bits per heavy atom. The lowest BCUT2D eigenvalue weighted by Crippen LogP contribution is -2.31. The maximum absolute atomic E-state index is 12.0. The Morgan fingerprint density at radius 1 is 1.00 bits per heavy atom. The van der Waals surface area contributed by atoms with E-state index in [-0.39, 0.29) is 11.8 Å². The summed E-state index contributed by atoms with van der Waals surface area (Å²) in [5.74, 6) is -0.269. The van der Waals surface area contributed by atoms with E-state index >= 15 is 0 Å². The van der Waals surface area contributed by atoms with Crippen molar-refractivity contribution in [2.24, 2.45) is 0 Å². The average Bonchev–Trinajstić information content (AvgIpc) is 2.48. The molecule has 0 spiro atoms. The summed E-state index contributed by atoms with van der Waals surface area (Å²) in [6.07, 6.45) is 0. The number of hydrogen-bond donors (Lipinski definition) is 2. The molecule has 0 radical (unpaired) electrons. The van der Waals surface area contributed by atoms with Gasteiger partial charge in [0.05, 0.1) is 6.04 Å². The Bertz CT molecular complexity index is 597. The number of carbonyl (C=O) groups excluding carboxylic acids is 1. The van der Waals surface area contributed by atoms with Crippen LogP contribution in [0.1, 0.15) is 41.4 Å². The number of ketones is 1. The predicted molar refractivity (Wildman–Crippen MR) is 84.4 cm³/mol. The lowest BCUT2D eigenvalue weighted by atomic mass is 9.93. The second kappa shape index (κ2) is 6.20. The van der Waals surface area contributed by atoms with E-state index in [1.54, 1.807) is 12.1 Å². The summed E-state index contributed by atoms with van der Waals surface area (Å²) in [6.45, 7) is 3.01. The second-order valence-electron chi connectivity index (χ2n) is 5.64. The monoisotopic (exact) mass is 283 g/mol. The van der Waals surface area contributed by atoms with E-state index in [1.807, 2.05) is 37.4 Å². The number of rotatable bonds is 5. The van der Waals surface area contributed by atoms with Gasteiger partial charge in [0, 0.05) is 5.56 Å². The van der Waals surface area contributed by atoms with Gasteiger partial charge in [-0.2, -0.15) is 0 Å². The molecule has 21 heavy (non-hydrogen) atoms. The van der Waals surface area contributed by atoms with Gasteiger partial charge in [-0.1, -0.05) is 54.6 Å². The third kappa shape index (κ3) is 3.57. The summed E-state index contributed by atoms with van der Waals surface area (Å²) >= 11 is 0. The van der Waals surface area contributed by atoms with Crippen LogP contribution in [0.15, 0.2) is 54.6 Å². The van der Waals surface area contributed by atoms with Crippen LogP contribution in [-0.4, -0.2) is 23.5 Å². The smallest absolute Gasteiger partial charge is 0.193 e. The van der Waals surface area contributed by atoms with Gasteiger partial charge < -0.3 is 10.4 Å². The highest BCUT2D eigenvalue weighted by atomic mass is 16.3. The van der Waals surface area contributed by atoms with Crippen LogP contribution in [0.4, 0.5) is 0 Å². The van der Waals surface area contributed by atoms with Gasteiger partial charge in [0.25, 0.3) is 0 Å². The van der Waals surface area contributed by atoms with E-state index < -0.39 is 5.60 Å². The highest BCUT2D eigenvalue weighted by molar-refractivity contribution is 6.01. The van der Waals surface area contributed by atoms with Gasteiger partial charge in [-0.05, 0) is 32.0 Å². The summed E-state index contributed by atoms with van der Waals surface area (Å²) in [6, 6.07) is 17.6. The van der Waals surface area contributed by atoms with Gasteiger partial charge in [-0.25, -0.2) is 0 Å². The molecule has 2 rings (SSSR count). The van der Waals surface area contributed by atoms with Crippen molar-refractivity contribution in [2.75, 3.05) is 7.05 Å². The first-order chi connectivity index (χ1) is 9.93. The average molecular weight is 283 g/mol. The zero-order valence-electron chi connectivity index (χ0n) is 12.6. The van der Waals surface area contributed by atoms with Gasteiger partial charge in [0.15, 0.2) is 5.78 Å². The van der Waals surface area contributed by atoms with Crippen LogP contribution in [0.5, 0.6) is 0 Å². The molecular formula is C18H21NO2. The topological polar surface area (TPSA) is 49.3 Å². The minimum Gasteiger partial charge on any atom is -0.382 e. The summed E-state index contributed by atoms with van der Waals surface area (Å²) in [4.78, 5) is 12.0. The Labute approximate surface area is 125 Å².